The fraction of sp³-hybridized carbons (Fsp3) is 0.524. The molecule has 1 N–H and O–H groups in total. The normalized spacial score (nSPS) is 13.6. The van der Waals surface area contributed by atoms with Crippen molar-refractivity contribution in [2.45, 2.75) is 57.2 Å². The minimum atomic E-state index is 0.0464. The molecule has 0 radical (unpaired) electrons. The number of carbonyl (C=O) groups is 1. The third-order valence-corrected chi connectivity index (χ3v) is 5.48. The summed E-state index contributed by atoms with van der Waals surface area (Å²) in [6, 6.07) is 10.3. The summed E-state index contributed by atoms with van der Waals surface area (Å²) in [5.41, 5.74) is 3.63. The number of carbonyl (C=O) groups excluding carboxylic acids is 1. The van der Waals surface area contributed by atoms with Crippen LogP contribution in [-0.4, -0.2) is 40.5 Å². The van der Waals surface area contributed by atoms with E-state index in [4.69, 9.17) is 9.72 Å². The molecule has 1 aliphatic carbocycles. The quantitative estimate of drug-likeness (QED) is 0.526. The second-order valence-corrected chi connectivity index (χ2v) is 8.02. The number of nitrogens with one attached hydrogen (secondary N) is 1. The molecule has 1 aromatic heterocycles. The van der Waals surface area contributed by atoms with Crippen molar-refractivity contribution >= 4 is 17.7 Å². The lowest BCUT2D eigenvalue weighted by molar-refractivity contribution is -0.118. The molecule has 5 nitrogen and oxygen atoms in total. The van der Waals surface area contributed by atoms with Gasteiger partial charge in [0.15, 0.2) is 5.16 Å². The van der Waals surface area contributed by atoms with Crippen molar-refractivity contribution in [3.63, 3.8) is 0 Å². The molecule has 0 fully saturated rings. The molecule has 27 heavy (non-hydrogen) atoms. The monoisotopic (exact) mass is 387 g/mol. The van der Waals surface area contributed by atoms with Gasteiger partial charge < -0.3 is 10.1 Å². The SMILES string of the molecule is CC(C)OCCCNC(=O)CSc1nc2c(n1-c1ccccc1)CCCC2. The summed E-state index contributed by atoms with van der Waals surface area (Å²) in [6.07, 6.45) is 5.56. The minimum absolute atomic E-state index is 0.0464. The Bertz CT molecular complexity index is 743. The molecule has 1 amide bonds. The number of fused-ring (bicyclic) bond motifs is 1. The van der Waals surface area contributed by atoms with Gasteiger partial charge in [0.1, 0.15) is 0 Å². The number of rotatable bonds is 9. The lowest BCUT2D eigenvalue weighted by Gasteiger charge is -2.15. The zero-order chi connectivity index (χ0) is 19.1. The van der Waals surface area contributed by atoms with Gasteiger partial charge >= 0.3 is 0 Å². The van der Waals surface area contributed by atoms with Crippen molar-refractivity contribution in [1.82, 2.24) is 14.9 Å². The van der Waals surface area contributed by atoms with E-state index in [-0.39, 0.29) is 12.0 Å². The molecule has 1 aromatic carbocycles. The van der Waals surface area contributed by atoms with Crippen molar-refractivity contribution < 1.29 is 9.53 Å². The fourth-order valence-electron chi connectivity index (χ4n) is 3.26. The number of imidazole rings is 1. The Morgan fingerprint density at radius 3 is 2.81 bits per heavy atom. The summed E-state index contributed by atoms with van der Waals surface area (Å²) in [6.45, 7) is 5.36. The molecule has 0 spiro atoms. The molecule has 1 heterocycles. The summed E-state index contributed by atoms with van der Waals surface area (Å²) in [5.74, 6) is 0.429. The number of hydrogen-bond donors (Lipinski definition) is 1. The lowest BCUT2D eigenvalue weighted by Crippen LogP contribution is -2.27. The number of ether oxygens (including phenoxy) is 1. The summed E-state index contributed by atoms with van der Waals surface area (Å²) in [5, 5.41) is 3.89. The number of amides is 1. The average Bonchev–Trinajstić information content (AvgIpc) is 3.05. The van der Waals surface area contributed by atoms with E-state index in [2.05, 4.69) is 22.0 Å². The number of aromatic nitrogens is 2. The fourth-order valence-corrected chi connectivity index (χ4v) is 4.14. The highest BCUT2D eigenvalue weighted by Crippen LogP contribution is 2.30. The topological polar surface area (TPSA) is 56.1 Å². The van der Waals surface area contributed by atoms with Gasteiger partial charge in [0.25, 0.3) is 0 Å². The molecule has 146 valence electrons. The highest BCUT2D eigenvalue weighted by Gasteiger charge is 2.21. The smallest absolute Gasteiger partial charge is 0.230 e. The molecule has 0 atom stereocenters. The van der Waals surface area contributed by atoms with Gasteiger partial charge in [-0.15, -0.1) is 0 Å². The van der Waals surface area contributed by atoms with Crippen LogP contribution in [0, 0.1) is 0 Å². The van der Waals surface area contributed by atoms with Crippen molar-refractivity contribution in [1.29, 1.82) is 0 Å². The maximum atomic E-state index is 12.2. The van der Waals surface area contributed by atoms with Crippen LogP contribution < -0.4 is 5.32 Å². The Hall–Kier alpha value is -1.79. The summed E-state index contributed by atoms with van der Waals surface area (Å²) in [7, 11) is 0. The average molecular weight is 388 g/mol. The first-order chi connectivity index (χ1) is 13.1. The summed E-state index contributed by atoms with van der Waals surface area (Å²) in [4.78, 5) is 17.0. The Morgan fingerprint density at radius 2 is 2.04 bits per heavy atom. The summed E-state index contributed by atoms with van der Waals surface area (Å²) < 4.78 is 7.73. The molecule has 2 aromatic rings. The van der Waals surface area contributed by atoms with Crippen LogP contribution in [-0.2, 0) is 22.4 Å². The third kappa shape index (κ3) is 5.59. The zero-order valence-corrected chi connectivity index (χ0v) is 17.1. The molecule has 3 rings (SSSR count). The van der Waals surface area contributed by atoms with Crippen LogP contribution in [0.1, 0.15) is 44.5 Å². The predicted molar refractivity (Wildman–Crippen MR) is 110 cm³/mol. The standard InChI is InChI=1S/C21H29N3O2S/c1-16(2)26-14-8-13-22-20(25)15-27-21-23-18-11-6-7-12-19(18)24(21)17-9-4-3-5-10-17/h3-5,9-10,16H,6-8,11-15H2,1-2H3,(H,22,25). The molecule has 0 unspecified atom stereocenters. The van der Waals surface area contributed by atoms with E-state index >= 15 is 0 Å². The molecular weight excluding hydrogens is 358 g/mol. The van der Waals surface area contributed by atoms with E-state index in [1.54, 1.807) is 0 Å². The second kappa shape index (κ2) is 9.95. The molecule has 0 saturated carbocycles. The molecule has 1 aliphatic rings. The van der Waals surface area contributed by atoms with Gasteiger partial charge in [0, 0.05) is 24.5 Å². The van der Waals surface area contributed by atoms with E-state index in [1.165, 1.54) is 36.0 Å². The number of aryl methyl sites for hydroxylation is 1. The van der Waals surface area contributed by atoms with E-state index in [1.807, 2.05) is 32.0 Å². The van der Waals surface area contributed by atoms with Gasteiger partial charge in [0.2, 0.25) is 5.91 Å². The van der Waals surface area contributed by atoms with Crippen LogP contribution in [0.3, 0.4) is 0 Å². The Kier molecular flexibility index (Phi) is 7.35. The van der Waals surface area contributed by atoms with Crippen molar-refractivity contribution in [2.24, 2.45) is 0 Å². The van der Waals surface area contributed by atoms with Gasteiger partial charge in [-0.1, -0.05) is 30.0 Å². The first kappa shape index (κ1) is 20.0. The maximum Gasteiger partial charge on any atom is 0.230 e. The second-order valence-electron chi connectivity index (χ2n) is 7.08. The lowest BCUT2D eigenvalue weighted by atomic mass is 10.0. The van der Waals surface area contributed by atoms with Gasteiger partial charge in [0.05, 0.1) is 17.6 Å². The zero-order valence-electron chi connectivity index (χ0n) is 16.2. The van der Waals surface area contributed by atoms with Gasteiger partial charge in [-0.3, -0.25) is 9.36 Å². The van der Waals surface area contributed by atoms with Crippen LogP contribution in [0.15, 0.2) is 35.5 Å². The Labute approximate surface area is 165 Å². The Morgan fingerprint density at radius 1 is 1.26 bits per heavy atom. The maximum absolute atomic E-state index is 12.2. The van der Waals surface area contributed by atoms with E-state index < -0.39 is 0 Å². The first-order valence-corrected chi connectivity index (χ1v) is 10.8. The van der Waals surface area contributed by atoms with Gasteiger partial charge in [-0.2, -0.15) is 0 Å². The third-order valence-electron chi connectivity index (χ3n) is 4.54. The number of para-hydroxylation sites is 1. The van der Waals surface area contributed by atoms with Crippen molar-refractivity contribution in [3.8, 4) is 5.69 Å². The van der Waals surface area contributed by atoms with Gasteiger partial charge in [-0.05, 0) is 58.1 Å². The molecule has 6 heteroatoms. The largest absolute Gasteiger partial charge is 0.379 e. The molecular formula is C21H29N3O2S. The summed E-state index contributed by atoms with van der Waals surface area (Å²) >= 11 is 1.52. The molecule has 0 bridgehead atoms. The van der Waals surface area contributed by atoms with Crippen LogP contribution >= 0.6 is 11.8 Å². The minimum Gasteiger partial charge on any atom is -0.379 e. The van der Waals surface area contributed by atoms with Crippen molar-refractivity contribution in [3.05, 3.63) is 41.7 Å². The number of thioether (sulfide) groups is 1. The van der Waals surface area contributed by atoms with Gasteiger partial charge in [-0.25, -0.2) is 4.98 Å². The number of benzene rings is 1. The molecule has 0 saturated heterocycles. The van der Waals surface area contributed by atoms with E-state index in [0.717, 1.165) is 30.1 Å². The van der Waals surface area contributed by atoms with E-state index in [0.29, 0.717) is 18.9 Å². The highest BCUT2D eigenvalue weighted by molar-refractivity contribution is 7.99. The Balaban J connectivity index is 1.60. The van der Waals surface area contributed by atoms with E-state index in [9.17, 15) is 4.79 Å². The number of nitrogens with zero attached hydrogens (tertiary/aromatic N) is 2. The van der Waals surface area contributed by atoms with Crippen LogP contribution in [0.5, 0.6) is 0 Å². The van der Waals surface area contributed by atoms with Crippen LogP contribution in [0.2, 0.25) is 0 Å². The first-order valence-electron chi connectivity index (χ1n) is 9.82. The van der Waals surface area contributed by atoms with Crippen LogP contribution in [0.25, 0.3) is 5.69 Å². The highest BCUT2D eigenvalue weighted by atomic mass is 32.2. The van der Waals surface area contributed by atoms with Crippen molar-refractivity contribution in [2.75, 3.05) is 18.9 Å². The van der Waals surface area contributed by atoms with Crippen LogP contribution in [0.4, 0.5) is 0 Å². The molecule has 0 aliphatic heterocycles. The number of hydrogen-bond acceptors (Lipinski definition) is 4. The predicted octanol–water partition coefficient (Wildman–Crippen LogP) is 3.77.